The number of amides is 1. The Morgan fingerprint density at radius 1 is 1.22 bits per heavy atom. The number of carbonyl (C=O) groups excluding carboxylic acids is 1. The van der Waals surface area contributed by atoms with Gasteiger partial charge in [0.05, 0.1) is 18.8 Å². The van der Waals surface area contributed by atoms with E-state index in [-0.39, 0.29) is 16.9 Å². The third kappa shape index (κ3) is 2.73. The number of rotatable bonds is 4. The zero-order chi connectivity index (χ0) is 19.4. The Hall–Kier alpha value is -0.870. The van der Waals surface area contributed by atoms with Crippen LogP contribution in [0.4, 0.5) is 0 Å². The molecule has 4 rings (SSSR count). The Morgan fingerprint density at radius 3 is 2.70 bits per heavy atom. The molecular weight excluding hydrogens is 338 g/mol. The highest BCUT2D eigenvalue weighted by molar-refractivity contribution is 5.77. The molecular formula is C23H37NO3. The van der Waals surface area contributed by atoms with Gasteiger partial charge in [0.1, 0.15) is 0 Å². The summed E-state index contributed by atoms with van der Waals surface area (Å²) in [5, 5.41) is 0. The van der Waals surface area contributed by atoms with Crippen LogP contribution in [0.1, 0.15) is 58.8 Å². The largest absolute Gasteiger partial charge is 0.381 e. The molecule has 1 heterocycles. The summed E-state index contributed by atoms with van der Waals surface area (Å²) in [4.78, 5) is 14.4. The summed E-state index contributed by atoms with van der Waals surface area (Å²) in [7, 11) is 3.91. The minimum absolute atomic E-state index is 0.199. The van der Waals surface area contributed by atoms with Crippen LogP contribution in [0.25, 0.3) is 0 Å². The van der Waals surface area contributed by atoms with Crippen molar-refractivity contribution in [1.82, 2.24) is 4.90 Å². The number of piperidine rings is 1. The Bertz CT molecular complexity index is 606. The number of carbonyl (C=O) groups is 1. The quantitative estimate of drug-likeness (QED) is 0.696. The molecule has 152 valence electrons. The van der Waals surface area contributed by atoms with E-state index in [0.29, 0.717) is 48.8 Å². The summed E-state index contributed by atoms with van der Waals surface area (Å²) in [5.41, 5.74) is 0.454. The first-order valence-electron chi connectivity index (χ1n) is 10.9. The molecule has 8 atom stereocenters. The molecule has 0 N–H and O–H groups in total. The van der Waals surface area contributed by atoms with Crippen molar-refractivity contribution in [2.24, 2.45) is 28.6 Å². The van der Waals surface area contributed by atoms with Gasteiger partial charge in [0.15, 0.2) is 0 Å². The van der Waals surface area contributed by atoms with Crippen LogP contribution in [0.15, 0.2) is 12.7 Å². The maximum atomic E-state index is 12.3. The van der Waals surface area contributed by atoms with Gasteiger partial charge in [0, 0.05) is 33.0 Å². The van der Waals surface area contributed by atoms with Gasteiger partial charge in [-0.2, -0.15) is 0 Å². The second-order valence-corrected chi connectivity index (χ2v) is 10.1. The number of hydrogen-bond donors (Lipinski definition) is 0. The predicted molar refractivity (Wildman–Crippen MR) is 106 cm³/mol. The topological polar surface area (TPSA) is 38.8 Å². The molecule has 1 saturated heterocycles. The third-order valence-corrected chi connectivity index (χ3v) is 9.15. The molecule has 4 aliphatic rings. The van der Waals surface area contributed by atoms with Crippen molar-refractivity contribution < 1.29 is 14.3 Å². The molecule has 4 nitrogen and oxygen atoms in total. The summed E-state index contributed by atoms with van der Waals surface area (Å²) in [6.07, 6.45) is 10.0. The van der Waals surface area contributed by atoms with E-state index in [0.717, 1.165) is 19.3 Å². The average Bonchev–Trinajstić information content (AvgIpc) is 2.95. The maximum Gasteiger partial charge on any atom is 0.222 e. The van der Waals surface area contributed by atoms with Crippen molar-refractivity contribution in [3.63, 3.8) is 0 Å². The van der Waals surface area contributed by atoms with Crippen LogP contribution in [0.5, 0.6) is 0 Å². The van der Waals surface area contributed by atoms with E-state index >= 15 is 0 Å². The van der Waals surface area contributed by atoms with E-state index in [1.807, 2.05) is 20.2 Å². The second-order valence-electron chi connectivity index (χ2n) is 10.1. The highest BCUT2D eigenvalue weighted by Crippen LogP contribution is 2.65. The molecule has 0 spiro atoms. The van der Waals surface area contributed by atoms with Crippen molar-refractivity contribution in [3.8, 4) is 0 Å². The monoisotopic (exact) mass is 375 g/mol. The molecule has 4 fully saturated rings. The molecule has 3 saturated carbocycles. The van der Waals surface area contributed by atoms with E-state index in [2.05, 4.69) is 25.3 Å². The number of likely N-dealkylation sites (tertiary alicyclic amines) is 1. The van der Waals surface area contributed by atoms with Crippen LogP contribution < -0.4 is 0 Å². The standard InChI is InChI=1S/C23H37NO3/c1-6-13-27-19-14-17(26-5)21-15-7-8-18-22(2,12-10-20(25)24(18)4)16(15)9-11-23(19,21)3/h6,15-19,21H,1,7-14H2,2-5H3/t15-,16+,17-,18-,19+,21-,22-,23-/m1/s1. The van der Waals surface area contributed by atoms with Crippen molar-refractivity contribution in [1.29, 1.82) is 0 Å². The van der Waals surface area contributed by atoms with Gasteiger partial charge in [-0.25, -0.2) is 0 Å². The van der Waals surface area contributed by atoms with Crippen LogP contribution in [-0.4, -0.2) is 49.8 Å². The summed E-state index contributed by atoms with van der Waals surface area (Å²) < 4.78 is 12.3. The number of nitrogens with zero attached hydrogens (tertiary/aromatic N) is 1. The van der Waals surface area contributed by atoms with Gasteiger partial charge < -0.3 is 14.4 Å². The highest BCUT2D eigenvalue weighted by Gasteiger charge is 2.64. The fraction of sp³-hybridized carbons (Fsp3) is 0.870. The molecule has 1 aliphatic heterocycles. The molecule has 1 amide bonds. The van der Waals surface area contributed by atoms with Gasteiger partial charge in [-0.05, 0) is 60.7 Å². The van der Waals surface area contributed by atoms with Crippen molar-refractivity contribution in [2.75, 3.05) is 20.8 Å². The molecule has 0 radical (unpaired) electrons. The Labute approximate surface area is 164 Å². The van der Waals surface area contributed by atoms with Gasteiger partial charge >= 0.3 is 0 Å². The normalized spacial score (nSPS) is 49.3. The van der Waals surface area contributed by atoms with E-state index in [4.69, 9.17) is 9.47 Å². The minimum Gasteiger partial charge on any atom is -0.381 e. The van der Waals surface area contributed by atoms with Crippen molar-refractivity contribution in [2.45, 2.75) is 77.0 Å². The first-order chi connectivity index (χ1) is 12.9. The zero-order valence-electron chi connectivity index (χ0n) is 17.6. The van der Waals surface area contributed by atoms with Gasteiger partial charge in [-0.1, -0.05) is 19.9 Å². The van der Waals surface area contributed by atoms with Gasteiger partial charge in [0.2, 0.25) is 5.91 Å². The SMILES string of the molecule is C=CCO[C@H]1C[C@@H](OC)[C@H]2[C@@H]3CC[C@H]4N(C)C(=O)CC[C@]4(C)[C@H]3CC[C@@]21C. The molecule has 0 bridgehead atoms. The van der Waals surface area contributed by atoms with Gasteiger partial charge in [0.25, 0.3) is 0 Å². The van der Waals surface area contributed by atoms with Crippen LogP contribution in [0.2, 0.25) is 0 Å². The lowest BCUT2D eigenvalue weighted by atomic mass is 9.47. The van der Waals surface area contributed by atoms with E-state index in [1.165, 1.54) is 19.3 Å². The van der Waals surface area contributed by atoms with Gasteiger partial charge in [-0.3, -0.25) is 4.79 Å². The fourth-order valence-electron chi connectivity index (χ4n) is 7.82. The second kappa shape index (κ2) is 6.88. The van der Waals surface area contributed by atoms with Crippen LogP contribution in [0.3, 0.4) is 0 Å². The molecule has 0 aromatic carbocycles. The van der Waals surface area contributed by atoms with Crippen molar-refractivity contribution in [3.05, 3.63) is 12.7 Å². The molecule has 0 aromatic rings. The highest BCUT2D eigenvalue weighted by atomic mass is 16.5. The van der Waals surface area contributed by atoms with E-state index in [1.54, 1.807) is 0 Å². The van der Waals surface area contributed by atoms with E-state index in [9.17, 15) is 4.79 Å². The summed E-state index contributed by atoms with van der Waals surface area (Å²) in [6.45, 7) is 9.39. The molecule has 0 aromatic heterocycles. The fourth-order valence-corrected chi connectivity index (χ4v) is 7.82. The predicted octanol–water partition coefficient (Wildman–Crippen LogP) is 4.05. The lowest BCUT2D eigenvalue weighted by Gasteiger charge is -2.62. The smallest absolute Gasteiger partial charge is 0.222 e. The lowest BCUT2D eigenvalue weighted by molar-refractivity contribution is -0.166. The van der Waals surface area contributed by atoms with Crippen molar-refractivity contribution >= 4 is 5.91 Å². The Morgan fingerprint density at radius 2 is 2.00 bits per heavy atom. The Balaban J connectivity index is 1.64. The van der Waals surface area contributed by atoms with Gasteiger partial charge in [-0.15, -0.1) is 6.58 Å². The summed E-state index contributed by atoms with van der Waals surface area (Å²) in [6, 6.07) is 0.416. The molecule has 0 unspecified atom stereocenters. The number of ether oxygens (including phenoxy) is 2. The molecule has 3 aliphatic carbocycles. The summed E-state index contributed by atoms with van der Waals surface area (Å²) >= 11 is 0. The molecule has 27 heavy (non-hydrogen) atoms. The Kier molecular flexibility index (Phi) is 4.95. The minimum atomic E-state index is 0.199. The van der Waals surface area contributed by atoms with Crippen LogP contribution in [-0.2, 0) is 14.3 Å². The summed E-state index contributed by atoms with van der Waals surface area (Å²) in [5.74, 6) is 2.29. The maximum absolute atomic E-state index is 12.3. The van der Waals surface area contributed by atoms with Crippen LogP contribution >= 0.6 is 0 Å². The van der Waals surface area contributed by atoms with Crippen LogP contribution in [0, 0.1) is 28.6 Å². The average molecular weight is 376 g/mol. The first kappa shape index (κ1) is 19.4. The first-order valence-corrected chi connectivity index (χ1v) is 10.9. The zero-order valence-corrected chi connectivity index (χ0v) is 17.6. The lowest BCUT2D eigenvalue weighted by Crippen LogP contribution is -2.62. The molecule has 4 heteroatoms. The number of methoxy groups -OCH3 is 1. The van der Waals surface area contributed by atoms with E-state index < -0.39 is 0 Å². The number of hydrogen-bond acceptors (Lipinski definition) is 3. The third-order valence-electron chi connectivity index (χ3n) is 9.15. The number of fused-ring (bicyclic) bond motifs is 5.